The lowest BCUT2D eigenvalue weighted by atomic mass is 10.1. The number of rotatable bonds is 6. The zero-order valence-corrected chi connectivity index (χ0v) is 12.8. The fourth-order valence-electron chi connectivity index (χ4n) is 2.29. The van der Waals surface area contributed by atoms with Crippen LogP contribution < -0.4 is 5.32 Å². The number of aromatic nitrogens is 3. The predicted molar refractivity (Wildman–Crippen MR) is 85.3 cm³/mol. The van der Waals surface area contributed by atoms with Crippen LogP contribution in [0.4, 0.5) is 0 Å². The average Bonchev–Trinajstić information content (AvgIpc) is 3.26. The Bertz CT molecular complexity index is 751. The van der Waals surface area contributed by atoms with Crippen molar-refractivity contribution in [2.24, 2.45) is 0 Å². The SMILES string of the molecule is CC(CCc1ccco1)NC(=O)c1ccnc(-n2ccnc2)c1. The van der Waals surface area contributed by atoms with Crippen LogP contribution in [-0.4, -0.2) is 26.5 Å². The maximum Gasteiger partial charge on any atom is 0.251 e. The second kappa shape index (κ2) is 6.91. The van der Waals surface area contributed by atoms with Crippen molar-refractivity contribution >= 4 is 5.91 Å². The Morgan fingerprint density at radius 1 is 1.39 bits per heavy atom. The number of nitrogens with zero attached hydrogens (tertiary/aromatic N) is 3. The Morgan fingerprint density at radius 2 is 2.30 bits per heavy atom. The van der Waals surface area contributed by atoms with Crippen molar-refractivity contribution in [2.45, 2.75) is 25.8 Å². The topological polar surface area (TPSA) is 73.0 Å². The molecule has 0 aliphatic heterocycles. The van der Waals surface area contributed by atoms with Crippen LogP contribution in [0.2, 0.25) is 0 Å². The average molecular weight is 310 g/mol. The highest BCUT2D eigenvalue weighted by Gasteiger charge is 2.11. The fourth-order valence-corrected chi connectivity index (χ4v) is 2.29. The first-order valence-corrected chi connectivity index (χ1v) is 7.50. The van der Waals surface area contributed by atoms with Crippen LogP contribution in [0.3, 0.4) is 0 Å². The number of imidazole rings is 1. The normalized spacial score (nSPS) is 12.0. The molecule has 0 aliphatic carbocycles. The first-order valence-electron chi connectivity index (χ1n) is 7.50. The van der Waals surface area contributed by atoms with Crippen LogP contribution in [0.25, 0.3) is 5.82 Å². The molecule has 0 saturated heterocycles. The van der Waals surface area contributed by atoms with Gasteiger partial charge in [-0.2, -0.15) is 0 Å². The van der Waals surface area contributed by atoms with Gasteiger partial charge in [0.15, 0.2) is 0 Å². The minimum atomic E-state index is -0.110. The van der Waals surface area contributed by atoms with Crippen LogP contribution in [0.1, 0.15) is 29.5 Å². The van der Waals surface area contributed by atoms with Gasteiger partial charge in [0.25, 0.3) is 5.91 Å². The summed E-state index contributed by atoms with van der Waals surface area (Å²) in [6, 6.07) is 7.31. The zero-order valence-electron chi connectivity index (χ0n) is 12.8. The Morgan fingerprint density at radius 3 is 3.04 bits per heavy atom. The first kappa shape index (κ1) is 15.0. The van der Waals surface area contributed by atoms with Gasteiger partial charge in [0, 0.05) is 36.6 Å². The summed E-state index contributed by atoms with van der Waals surface area (Å²) in [6.07, 6.45) is 10.0. The smallest absolute Gasteiger partial charge is 0.251 e. The van der Waals surface area contributed by atoms with E-state index in [9.17, 15) is 4.79 Å². The molecule has 1 N–H and O–H groups in total. The molecule has 118 valence electrons. The minimum absolute atomic E-state index is 0.0532. The van der Waals surface area contributed by atoms with Crippen LogP contribution in [0.15, 0.2) is 59.9 Å². The first-order chi connectivity index (χ1) is 11.2. The van der Waals surface area contributed by atoms with E-state index in [4.69, 9.17) is 4.42 Å². The van der Waals surface area contributed by atoms with Gasteiger partial charge in [-0.25, -0.2) is 9.97 Å². The van der Waals surface area contributed by atoms with E-state index in [0.29, 0.717) is 11.4 Å². The summed E-state index contributed by atoms with van der Waals surface area (Å²) < 4.78 is 7.06. The molecule has 1 unspecified atom stereocenters. The van der Waals surface area contributed by atoms with Crippen LogP contribution in [0, 0.1) is 0 Å². The standard InChI is InChI=1S/C17H18N4O2/c1-13(4-5-15-3-2-10-23-15)20-17(22)14-6-7-19-16(11-14)21-9-8-18-12-21/h2-3,6-13H,4-5H2,1H3,(H,20,22). The molecule has 1 atom stereocenters. The maximum absolute atomic E-state index is 12.4. The lowest BCUT2D eigenvalue weighted by molar-refractivity contribution is 0.0938. The van der Waals surface area contributed by atoms with Crippen molar-refractivity contribution in [3.63, 3.8) is 0 Å². The third kappa shape index (κ3) is 3.85. The second-order valence-corrected chi connectivity index (χ2v) is 5.37. The molecule has 3 heterocycles. The molecule has 0 bridgehead atoms. The van der Waals surface area contributed by atoms with Crippen molar-refractivity contribution in [1.29, 1.82) is 0 Å². The van der Waals surface area contributed by atoms with Gasteiger partial charge in [-0.3, -0.25) is 9.36 Å². The fraction of sp³-hybridized carbons (Fsp3) is 0.235. The highest BCUT2D eigenvalue weighted by atomic mass is 16.3. The number of nitrogens with one attached hydrogen (secondary N) is 1. The van der Waals surface area contributed by atoms with Crippen molar-refractivity contribution in [1.82, 2.24) is 19.9 Å². The van der Waals surface area contributed by atoms with Gasteiger partial charge in [-0.1, -0.05) is 0 Å². The van der Waals surface area contributed by atoms with Crippen LogP contribution in [0.5, 0.6) is 0 Å². The van der Waals surface area contributed by atoms with E-state index in [1.807, 2.05) is 19.1 Å². The molecule has 0 radical (unpaired) electrons. The monoisotopic (exact) mass is 310 g/mol. The van der Waals surface area contributed by atoms with E-state index in [2.05, 4.69) is 15.3 Å². The summed E-state index contributed by atoms with van der Waals surface area (Å²) in [5, 5.41) is 3.00. The molecule has 3 aromatic heterocycles. The molecule has 0 fully saturated rings. The highest BCUT2D eigenvalue weighted by molar-refractivity contribution is 5.94. The molecular weight excluding hydrogens is 292 g/mol. The molecule has 0 aromatic carbocycles. The summed E-state index contributed by atoms with van der Waals surface area (Å²) in [7, 11) is 0. The van der Waals surface area contributed by atoms with E-state index in [1.54, 1.807) is 47.9 Å². The van der Waals surface area contributed by atoms with E-state index in [0.717, 1.165) is 18.6 Å². The Hall–Kier alpha value is -2.89. The van der Waals surface area contributed by atoms with E-state index >= 15 is 0 Å². The zero-order chi connectivity index (χ0) is 16.1. The van der Waals surface area contributed by atoms with Crippen molar-refractivity contribution in [3.05, 3.63) is 66.8 Å². The van der Waals surface area contributed by atoms with Gasteiger partial charge in [0.05, 0.1) is 6.26 Å². The molecular formula is C17H18N4O2. The number of carbonyl (C=O) groups is 1. The number of pyridine rings is 1. The lowest BCUT2D eigenvalue weighted by Crippen LogP contribution is -2.33. The van der Waals surface area contributed by atoms with E-state index in [-0.39, 0.29) is 11.9 Å². The molecule has 6 heteroatoms. The van der Waals surface area contributed by atoms with Gasteiger partial charge in [-0.15, -0.1) is 0 Å². The molecule has 0 spiro atoms. The molecule has 3 aromatic rings. The number of hydrogen-bond donors (Lipinski definition) is 1. The van der Waals surface area contributed by atoms with Crippen molar-refractivity contribution < 1.29 is 9.21 Å². The predicted octanol–water partition coefficient (Wildman–Crippen LogP) is 2.61. The van der Waals surface area contributed by atoms with Crippen molar-refractivity contribution in [3.8, 4) is 5.82 Å². The third-order valence-electron chi connectivity index (χ3n) is 3.56. The van der Waals surface area contributed by atoms with Gasteiger partial charge in [0.1, 0.15) is 17.9 Å². The molecule has 0 saturated carbocycles. The summed E-state index contributed by atoms with van der Waals surface area (Å²) in [5.74, 6) is 1.48. The van der Waals surface area contributed by atoms with Gasteiger partial charge in [0.2, 0.25) is 0 Å². The van der Waals surface area contributed by atoms with Crippen molar-refractivity contribution in [2.75, 3.05) is 0 Å². The largest absolute Gasteiger partial charge is 0.469 e. The Labute approximate surface area is 134 Å². The van der Waals surface area contributed by atoms with Crippen LogP contribution in [-0.2, 0) is 6.42 Å². The third-order valence-corrected chi connectivity index (χ3v) is 3.56. The molecule has 6 nitrogen and oxygen atoms in total. The van der Waals surface area contributed by atoms with Gasteiger partial charge in [-0.05, 0) is 37.6 Å². The molecule has 1 amide bonds. The molecule has 3 rings (SSSR count). The number of hydrogen-bond acceptors (Lipinski definition) is 4. The van der Waals surface area contributed by atoms with Gasteiger partial charge >= 0.3 is 0 Å². The quantitative estimate of drug-likeness (QED) is 0.759. The van der Waals surface area contributed by atoms with E-state index in [1.165, 1.54) is 0 Å². The van der Waals surface area contributed by atoms with Crippen LogP contribution >= 0.6 is 0 Å². The Balaban J connectivity index is 1.60. The molecule has 23 heavy (non-hydrogen) atoms. The Kier molecular flexibility index (Phi) is 4.52. The maximum atomic E-state index is 12.4. The summed E-state index contributed by atoms with van der Waals surface area (Å²) in [6.45, 7) is 1.98. The second-order valence-electron chi connectivity index (χ2n) is 5.37. The summed E-state index contributed by atoms with van der Waals surface area (Å²) >= 11 is 0. The number of amides is 1. The van der Waals surface area contributed by atoms with E-state index < -0.39 is 0 Å². The van der Waals surface area contributed by atoms with Gasteiger partial charge < -0.3 is 9.73 Å². The number of furan rings is 1. The number of carbonyl (C=O) groups excluding carboxylic acids is 1. The molecule has 0 aliphatic rings. The minimum Gasteiger partial charge on any atom is -0.469 e. The number of aryl methyl sites for hydroxylation is 1. The summed E-state index contributed by atoms with van der Waals surface area (Å²) in [5.41, 5.74) is 0.577. The highest BCUT2D eigenvalue weighted by Crippen LogP contribution is 2.09. The summed E-state index contributed by atoms with van der Waals surface area (Å²) in [4.78, 5) is 20.6. The lowest BCUT2D eigenvalue weighted by Gasteiger charge is -2.13.